The Morgan fingerprint density at radius 3 is 1.44 bits per heavy atom. The van der Waals surface area contributed by atoms with Gasteiger partial charge < -0.3 is 0 Å². The van der Waals surface area contributed by atoms with Crippen LogP contribution in [0.15, 0.2) is 0 Å². The SMILES string of the molecule is FC(Cl)(Cl)C(Cl)(Cl)SCl. The van der Waals surface area contributed by atoms with Gasteiger partial charge in [0.1, 0.15) is 0 Å². The van der Waals surface area contributed by atoms with Crippen LogP contribution in [0, 0.1) is 0 Å². The molecular weight excluding hydrogens is 252 g/mol. The second-order valence-corrected chi connectivity index (χ2v) is 5.33. The number of hydrogen-bond donors (Lipinski definition) is 0. The molecule has 0 unspecified atom stereocenters. The Morgan fingerprint density at radius 2 is 1.44 bits per heavy atom. The lowest BCUT2D eigenvalue weighted by Crippen LogP contribution is -2.26. The van der Waals surface area contributed by atoms with Gasteiger partial charge in [0.15, 0.2) is 0 Å². The molecule has 0 nitrogen and oxygen atoms in total. The van der Waals surface area contributed by atoms with Crippen molar-refractivity contribution in [3.05, 3.63) is 0 Å². The smallest absolute Gasteiger partial charge is 0.204 e. The molecule has 0 aromatic heterocycles. The molecule has 0 saturated carbocycles. The average Bonchev–Trinajstić information content (AvgIpc) is 1.64. The summed E-state index contributed by atoms with van der Waals surface area (Å²) in [5.41, 5.74) is 0. The van der Waals surface area contributed by atoms with Gasteiger partial charge in [0, 0.05) is 0 Å². The van der Waals surface area contributed by atoms with Gasteiger partial charge in [-0.15, -0.1) is 0 Å². The van der Waals surface area contributed by atoms with Crippen LogP contribution in [-0.4, -0.2) is 8.25 Å². The molecule has 0 heterocycles. The summed E-state index contributed by atoms with van der Waals surface area (Å²) in [6, 6.07) is 0. The standard InChI is InChI=1S/C2Cl5FS/c3-1(4,8)2(5,6)9-7. The summed E-state index contributed by atoms with van der Waals surface area (Å²) in [7, 11) is 5.32. The molecule has 0 amide bonds. The van der Waals surface area contributed by atoms with Crippen molar-refractivity contribution in [2.75, 3.05) is 0 Å². The summed E-state index contributed by atoms with van der Waals surface area (Å²) in [5.74, 6) is 0. The zero-order chi connectivity index (χ0) is 7.71. The minimum absolute atomic E-state index is 0.298. The Balaban J connectivity index is 4.14. The van der Waals surface area contributed by atoms with Crippen molar-refractivity contribution in [2.45, 2.75) is 8.25 Å². The van der Waals surface area contributed by atoms with Crippen LogP contribution in [0.3, 0.4) is 0 Å². The van der Waals surface area contributed by atoms with E-state index in [-0.39, 0.29) is 0 Å². The highest BCUT2D eigenvalue weighted by Gasteiger charge is 2.48. The lowest BCUT2D eigenvalue weighted by Gasteiger charge is -2.21. The summed E-state index contributed by atoms with van der Waals surface area (Å²) >= 11 is 20.0. The van der Waals surface area contributed by atoms with Gasteiger partial charge in [-0.1, -0.05) is 46.4 Å². The lowest BCUT2D eigenvalue weighted by molar-refractivity contribution is 0.402. The van der Waals surface area contributed by atoms with Crippen LogP contribution in [0.4, 0.5) is 4.39 Å². The summed E-state index contributed by atoms with van der Waals surface area (Å²) in [4.78, 5) is 0. The predicted octanol–water partition coefficient (Wildman–Crippen LogP) is 4.11. The van der Waals surface area contributed by atoms with E-state index < -0.39 is 8.25 Å². The van der Waals surface area contributed by atoms with Crippen molar-refractivity contribution in [1.82, 2.24) is 0 Å². The van der Waals surface area contributed by atoms with Crippen molar-refractivity contribution in [2.24, 2.45) is 0 Å². The molecule has 0 radical (unpaired) electrons. The third-order valence-electron chi connectivity index (χ3n) is 0.427. The van der Waals surface area contributed by atoms with Crippen LogP contribution < -0.4 is 0 Å². The monoisotopic (exact) mass is 250 g/mol. The number of rotatable bonds is 2. The average molecular weight is 252 g/mol. The summed E-state index contributed by atoms with van der Waals surface area (Å²) < 4.78 is 7.55. The van der Waals surface area contributed by atoms with Crippen LogP contribution in [-0.2, 0) is 0 Å². The van der Waals surface area contributed by atoms with E-state index in [9.17, 15) is 4.39 Å². The van der Waals surface area contributed by atoms with E-state index in [0.29, 0.717) is 11.0 Å². The molecule has 0 rings (SSSR count). The van der Waals surface area contributed by atoms with E-state index in [1.165, 1.54) is 0 Å². The molecule has 0 aliphatic rings. The Bertz CT molecular complexity index is 97.6. The molecule has 9 heavy (non-hydrogen) atoms. The van der Waals surface area contributed by atoms with E-state index in [4.69, 9.17) is 57.1 Å². The van der Waals surface area contributed by atoms with E-state index in [2.05, 4.69) is 0 Å². The van der Waals surface area contributed by atoms with Crippen molar-refractivity contribution in [3.8, 4) is 0 Å². The van der Waals surface area contributed by atoms with E-state index in [1.54, 1.807) is 0 Å². The molecule has 0 bridgehead atoms. The number of hydrogen-bond acceptors (Lipinski definition) is 1. The van der Waals surface area contributed by atoms with E-state index in [1.807, 2.05) is 0 Å². The molecular formula is C2Cl5FS. The molecule has 0 aromatic carbocycles. The highest BCUT2D eigenvalue weighted by molar-refractivity contribution is 8.24. The molecule has 56 valence electrons. The fourth-order valence-corrected chi connectivity index (χ4v) is 0.919. The Labute approximate surface area is 80.4 Å². The van der Waals surface area contributed by atoms with Crippen molar-refractivity contribution in [3.63, 3.8) is 0 Å². The summed E-state index contributed by atoms with van der Waals surface area (Å²) in [5, 5.41) is 0. The largest absolute Gasteiger partial charge is 0.300 e. The van der Waals surface area contributed by atoms with Gasteiger partial charge >= 0.3 is 4.59 Å². The molecule has 0 fully saturated rings. The Morgan fingerprint density at radius 1 is 1.11 bits per heavy atom. The van der Waals surface area contributed by atoms with Crippen LogP contribution in [0.25, 0.3) is 0 Å². The topological polar surface area (TPSA) is 0 Å². The van der Waals surface area contributed by atoms with Gasteiger partial charge in [0.05, 0.1) is 0 Å². The van der Waals surface area contributed by atoms with Gasteiger partial charge in [0.2, 0.25) is 3.67 Å². The molecule has 0 spiro atoms. The van der Waals surface area contributed by atoms with E-state index in [0.717, 1.165) is 0 Å². The lowest BCUT2D eigenvalue weighted by atomic mass is 10.8. The van der Waals surface area contributed by atoms with Crippen molar-refractivity contribution < 1.29 is 4.39 Å². The first-order valence-electron chi connectivity index (χ1n) is 1.55. The first-order chi connectivity index (χ1) is 3.81. The molecule has 0 aromatic rings. The third-order valence-corrected chi connectivity index (χ3v) is 4.23. The molecule has 0 saturated heterocycles. The van der Waals surface area contributed by atoms with Crippen LogP contribution in [0.5, 0.6) is 0 Å². The second kappa shape index (κ2) is 3.42. The van der Waals surface area contributed by atoms with E-state index >= 15 is 0 Å². The van der Waals surface area contributed by atoms with Gasteiger partial charge in [-0.05, 0) is 21.7 Å². The van der Waals surface area contributed by atoms with Gasteiger partial charge in [-0.2, -0.15) is 0 Å². The minimum Gasteiger partial charge on any atom is -0.204 e. The third kappa shape index (κ3) is 3.08. The maximum absolute atomic E-state index is 12.3. The maximum atomic E-state index is 12.3. The second-order valence-electron chi connectivity index (χ2n) is 1.09. The Kier molecular flexibility index (Phi) is 4.07. The molecule has 0 aliphatic heterocycles. The predicted molar refractivity (Wildman–Crippen MR) is 43.4 cm³/mol. The Hall–Kier alpha value is 1.73. The first-order valence-corrected chi connectivity index (χ1v) is 4.71. The summed E-state index contributed by atoms with van der Waals surface area (Å²) in [6.07, 6.45) is 0. The quantitative estimate of drug-likeness (QED) is 0.667. The zero-order valence-electron chi connectivity index (χ0n) is 3.68. The zero-order valence-corrected chi connectivity index (χ0v) is 8.27. The van der Waals surface area contributed by atoms with Gasteiger partial charge in [-0.3, -0.25) is 0 Å². The molecule has 0 aliphatic carbocycles. The van der Waals surface area contributed by atoms with Crippen molar-refractivity contribution >= 4 is 68.1 Å². The fourth-order valence-electron chi connectivity index (χ4n) is 0.0437. The van der Waals surface area contributed by atoms with Crippen molar-refractivity contribution in [1.29, 1.82) is 0 Å². The molecule has 0 atom stereocenters. The van der Waals surface area contributed by atoms with Gasteiger partial charge in [-0.25, -0.2) is 4.39 Å². The van der Waals surface area contributed by atoms with Crippen LogP contribution >= 0.6 is 68.1 Å². The fraction of sp³-hybridized carbons (Fsp3) is 1.00. The van der Waals surface area contributed by atoms with Crippen LogP contribution in [0.2, 0.25) is 0 Å². The molecule has 7 heteroatoms. The first kappa shape index (κ1) is 10.7. The normalized spacial score (nSPS) is 14.0. The highest BCUT2D eigenvalue weighted by Crippen LogP contribution is 2.52. The minimum atomic E-state index is -2.75. The highest BCUT2D eigenvalue weighted by atomic mass is 35.7. The maximum Gasteiger partial charge on any atom is 0.300 e. The number of halogens is 6. The number of alkyl halides is 5. The molecule has 0 N–H and O–H groups in total. The van der Waals surface area contributed by atoms with Crippen LogP contribution in [0.1, 0.15) is 0 Å². The summed E-state index contributed by atoms with van der Waals surface area (Å²) in [6.45, 7) is 0. The van der Waals surface area contributed by atoms with Gasteiger partial charge in [0.25, 0.3) is 0 Å².